The quantitative estimate of drug-likeness (QED) is 0.739. The highest BCUT2D eigenvalue weighted by molar-refractivity contribution is 4.64. The van der Waals surface area contributed by atoms with E-state index in [1.807, 2.05) is 0 Å². The summed E-state index contributed by atoms with van der Waals surface area (Å²) in [6.07, 6.45) is 12.7. The van der Waals surface area contributed by atoms with E-state index in [2.05, 4.69) is 23.6 Å². The van der Waals surface area contributed by atoms with Crippen LogP contribution in [0.4, 0.5) is 0 Å². The van der Waals surface area contributed by atoms with Gasteiger partial charge in [0.1, 0.15) is 0 Å². The van der Waals surface area contributed by atoms with E-state index in [0.717, 1.165) is 0 Å². The van der Waals surface area contributed by atoms with Gasteiger partial charge in [0.25, 0.3) is 0 Å². The van der Waals surface area contributed by atoms with Crippen LogP contribution in [0.3, 0.4) is 0 Å². The minimum absolute atomic E-state index is 1.32. The number of rotatable bonds is 5. The summed E-state index contributed by atoms with van der Waals surface area (Å²) in [5, 5.41) is 0. The van der Waals surface area contributed by atoms with E-state index in [-0.39, 0.29) is 0 Å². The van der Waals surface area contributed by atoms with Crippen LogP contribution in [-0.2, 0) is 0 Å². The topological polar surface area (TPSA) is 6.48 Å². The molecule has 2 aliphatic rings. The predicted octanol–water partition coefficient (Wildman–Crippen LogP) is 4.15. The lowest BCUT2D eigenvalue weighted by molar-refractivity contribution is 0.226. The highest BCUT2D eigenvalue weighted by Gasteiger charge is 2.08. The Hall–Kier alpha value is -0.0800. The van der Waals surface area contributed by atoms with Gasteiger partial charge in [-0.15, -0.1) is 0 Å². The summed E-state index contributed by atoms with van der Waals surface area (Å²) in [7, 11) is 0. The molecular formula is C17H36N2. The zero-order valence-corrected chi connectivity index (χ0v) is 13.5. The zero-order chi connectivity index (χ0) is 13.8. The third kappa shape index (κ3) is 8.65. The Morgan fingerprint density at radius 3 is 1.47 bits per heavy atom. The van der Waals surface area contributed by atoms with Gasteiger partial charge in [-0.2, -0.15) is 0 Å². The van der Waals surface area contributed by atoms with Crippen LogP contribution in [0.1, 0.15) is 71.6 Å². The molecule has 0 unspecified atom stereocenters. The fraction of sp³-hybridized carbons (Fsp3) is 1.00. The third-order valence-electron chi connectivity index (χ3n) is 4.27. The molecule has 2 heteroatoms. The van der Waals surface area contributed by atoms with Gasteiger partial charge >= 0.3 is 0 Å². The third-order valence-corrected chi connectivity index (χ3v) is 4.27. The van der Waals surface area contributed by atoms with Crippen molar-refractivity contribution in [3.8, 4) is 0 Å². The highest BCUT2D eigenvalue weighted by atomic mass is 15.1. The molecule has 0 N–H and O–H groups in total. The molecule has 0 aromatic rings. The van der Waals surface area contributed by atoms with Gasteiger partial charge < -0.3 is 9.80 Å². The lowest BCUT2D eigenvalue weighted by Gasteiger charge is -2.25. The fourth-order valence-electron chi connectivity index (χ4n) is 3.06. The monoisotopic (exact) mass is 268 g/mol. The zero-order valence-electron chi connectivity index (χ0n) is 13.5. The van der Waals surface area contributed by atoms with Crippen molar-refractivity contribution in [2.45, 2.75) is 71.6 Å². The van der Waals surface area contributed by atoms with Crippen molar-refractivity contribution in [1.29, 1.82) is 0 Å². The lowest BCUT2D eigenvalue weighted by Crippen LogP contribution is -2.30. The summed E-state index contributed by atoms with van der Waals surface area (Å²) < 4.78 is 0. The first kappa shape index (κ1) is 17.0. The Bertz CT molecular complexity index is 179. The number of nitrogens with zero attached hydrogens (tertiary/aromatic N) is 2. The molecule has 2 rings (SSSR count). The maximum absolute atomic E-state index is 2.60. The van der Waals surface area contributed by atoms with Crippen molar-refractivity contribution in [1.82, 2.24) is 9.80 Å². The first-order chi connectivity index (χ1) is 9.36. The molecule has 2 saturated heterocycles. The smallest absolute Gasteiger partial charge is 0.00187 e. The van der Waals surface area contributed by atoms with Crippen molar-refractivity contribution >= 4 is 0 Å². The average molecular weight is 268 g/mol. The molecule has 0 spiro atoms. The standard InChI is InChI=1S/C9H19N.C8H17N/c1-2-3-7-10-8-5-4-6-9-10;1-2-6-9-7-4-3-5-8-9/h2-9H2,1H3;2-8H2,1H3. The lowest BCUT2D eigenvalue weighted by atomic mass is 10.1. The minimum Gasteiger partial charge on any atom is -0.303 e. The minimum atomic E-state index is 1.32. The molecule has 2 aliphatic heterocycles. The van der Waals surface area contributed by atoms with E-state index in [4.69, 9.17) is 0 Å². The molecule has 2 fully saturated rings. The fourth-order valence-corrected chi connectivity index (χ4v) is 3.06. The summed E-state index contributed by atoms with van der Waals surface area (Å²) in [4.78, 5) is 5.18. The van der Waals surface area contributed by atoms with Gasteiger partial charge in [0.2, 0.25) is 0 Å². The Balaban J connectivity index is 0.000000191. The molecule has 0 aromatic carbocycles. The predicted molar refractivity (Wildman–Crippen MR) is 85.8 cm³/mol. The Morgan fingerprint density at radius 1 is 0.579 bits per heavy atom. The van der Waals surface area contributed by atoms with Crippen LogP contribution in [0.2, 0.25) is 0 Å². The molecule has 0 bridgehead atoms. The molecule has 0 aliphatic carbocycles. The molecule has 0 amide bonds. The van der Waals surface area contributed by atoms with Gasteiger partial charge in [-0.05, 0) is 77.8 Å². The van der Waals surface area contributed by atoms with E-state index in [9.17, 15) is 0 Å². The van der Waals surface area contributed by atoms with Crippen molar-refractivity contribution in [2.75, 3.05) is 39.3 Å². The number of piperidine rings is 2. The van der Waals surface area contributed by atoms with Gasteiger partial charge in [-0.25, -0.2) is 0 Å². The molecule has 0 radical (unpaired) electrons. The second kappa shape index (κ2) is 11.7. The number of unbranched alkanes of at least 4 members (excludes halogenated alkanes) is 1. The van der Waals surface area contributed by atoms with Gasteiger partial charge in [0, 0.05) is 0 Å². The summed E-state index contributed by atoms with van der Waals surface area (Å²) in [5.74, 6) is 0. The van der Waals surface area contributed by atoms with E-state index >= 15 is 0 Å². The van der Waals surface area contributed by atoms with Crippen LogP contribution in [0, 0.1) is 0 Å². The second-order valence-corrected chi connectivity index (χ2v) is 6.16. The highest BCUT2D eigenvalue weighted by Crippen LogP contribution is 2.09. The SMILES string of the molecule is CCCCN1CCCCC1.CCCN1CCCCC1. The van der Waals surface area contributed by atoms with E-state index in [0.29, 0.717) is 0 Å². The van der Waals surface area contributed by atoms with Crippen LogP contribution in [0.5, 0.6) is 0 Å². The molecule has 2 nitrogen and oxygen atoms in total. The van der Waals surface area contributed by atoms with Crippen LogP contribution in [-0.4, -0.2) is 49.1 Å². The Labute approximate surface area is 121 Å². The van der Waals surface area contributed by atoms with Crippen LogP contribution >= 0.6 is 0 Å². The summed E-state index contributed by atoms with van der Waals surface area (Å²) in [6, 6.07) is 0. The first-order valence-electron chi connectivity index (χ1n) is 8.81. The average Bonchev–Trinajstić information content (AvgIpc) is 2.48. The van der Waals surface area contributed by atoms with Gasteiger partial charge in [0.15, 0.2) is 0 Å². The Morgan fingerprint density at radius 2 is 1.05 bits per heavy atom. The Kier molecular flexibility index (Phi) is 10.5. The number of hydrogen-bond donors (Lipinski definition) is 0. The van der Waals surface area contributed by atoms with E-state index in [1.54, 1.807) is 0 Å². The van der Waals surface area contributed by atoms with Crippen molar-refractivity contribution in [3.63, 3.8) is 0 Å². The number of likely N-dealkylation sites (tertiary alicyclic amines) is 2. The summed E-state index contributed by atoms with van der Waals surface area (Å²) >= 11 is 0. The molecule has 0 atom stereocenters. The largest absolute Gasteiger partial charge is 0.303 e. The molecule has 114 valence electrons. The van der Waals surface area contributed by atoms with E-state index in [1.165, 1.54) is 97.1 Å². The van der Waals surface area contributed by atoms with Gasteiger partial charge in [-0.1, -0.05) is 33.1 Å². The van der Waals surface area contributed by atoms with Crippen LogP contribution < -0.4 is 0 Å². The van der Waals surface area contributed by atoms with Crippen molar-refractivity contribution < 1.29 is 0 Å². The molecule has 0 saturated carbocycles. The van der Waals surface area contributed by atoms with Crippen LogP contribution in [0.15, 0.2) is 0 Å². The number of hydrogen-bond acceptors (Lipinski definition) is 2. The van der Waals surface area contributed by atoms with Crippen LogP contribution in [0.25, 0.3) is 0 Å². The normalized spacial score (nSPS) is 21.8. The van der Waals surface area contributed by atoms with Crippen molar-refractivity contribution in [3.05, 3.63) is 0 Å². The van der Waals surface area contributed by atoms with E-state index < -0.39 is 0 Å². The molecular weight excluding hydrogens is 232 g/mol. The van der Waals surface area contributed by atoms with Crippen molar-refractivity contribution in [2.24, 2.45) is 0 Å². The maximum atomic E-state index is 2.60. The second-order valence-electron chi connectivity index (χ2n) is 6.16. The van der Waals surface area contributed by atoms with Gasteiger partial charge in [-0.3, -0.25) is 0 Å². The first-order valence-corrected chi connectivity index (χ1v) is 8.81. The summed E-state index contributed by atoms with van der Waals surface area (Å²) in [5.41, 5.74) is 0. The summed E-state index contributed by atoms with van der Waals surface area (Å²) in [6.45, 7) is 12.6. The maximum Gasteiger partial charge on any atom is -0.00187 e. The molecule has 2 heterocycles. The molecule has 19 heavy (non-hydrogen) atoms. The van der Waals surface area contributed by atoms with Gasteiger partial charge in [0.05, 0.1) is 0 Å². The molecule has 0 aromatic heterocycles.